The molecular weight excluding hydrogens is 444 g/mol. The van der Waals surface area contributed by atoms with Crippen molar-refractivity contribution >= 4 is 12.0 Å². The van der Waals surface area contributed by atoms with Crippen LogP contribution < -0.4 is 24.3 Å². The number of methoxy groups -OCH3 is 2. The first kappa shape index (κ1) is 26.0. The first-order valence-corrected chi connectivity index (χ1v) is 12.0. The van der Waals surface area contributed by atoms with Crippen LogP contribution in [0.15, 0.2) is 42.0 Å². The van der Waals surface area contributed by atoms with Gasteiger partial charge in [-0.25, -0.2) is 0 Å². The average Bonchev–Trinajstić information content (AvgIpc) is 2.88. The molecule has 0 aromatic heterocycles. The van der Waals surface area contributed by atoms with E-state index in [0.29, 0.717) is 41.1 Å². The molecule has 0 saturated heterocycles. The van der Waals surface area contributed by atoms with Crippen LogP contribution in [-0.2, 0) is 11.4 Å². The number of carbonyl (C=O) groups excluding carboxylic acids is 1. The third-order valence-corrected chi connectivity index (χ3v) is 6.24. The molecule has 2 atom stereocenters. The molecule has 35 heavy (non-hydrogen) atoms. The van der Waals surface area contributed by atoms with Crippen LogP contribution in [0.1, 0.15) is 50.7 Å². The fraction of sp³-hybridized carbons (Fsp3) is 0.429. The van der Waals surface area contributed by atoms with Gasteiger partial charge in [-0.3, -0.25) is 4.79 Å². The minimum absolute atomic E-state index is 0.0695. The van der Waals surface area contributed by atoms with E-state index < -0.39 is 0 Å². The fourth-order valence-electron chi connectivity index (χ4n) is 4.24. The Morgan fingerprint density at radius 2 is 1.83 bits per heavy atom. The molecule has 0 spiro atoms. The van der Waals surface area contributed by atoms with Crippen molar-refractivity contribution in [1.82, 2.24) is 5.32 Å². The van der Waals surface area contributed by atoms with Crippen LogP contribution in [0.3, 0.4) is 0 Å². The Morgan fingerprint density at radius 3 is 2.51 bits per heavy atom. The Labute approximate surface area is 207 Å². The fourth-order valence-corrected chi connectivity index (χ4v) is 4.24. The number of hydrogen-bond acceptors (Lipinski definition) is 6. The van der Waals surface area contributed by atoms with E-state index in [2.05, 4.69) is 12.2 Å². The SMILES string of the molecule is CCOc1cc(/C=C(\C#N)C(=O)N[C@@H]2CCCC[C@H]2C)ccc1OCc1cc(OC)ccc1OC. The van der Waals surface area contributed by atoms with Crippen LogP contribution in [0.4, 0.5) is 0 Å². The largest absolute Gasteiger partial charge is 0.497 e. The highest BCUT2D eigenvalue weighted by atomic mass is 16.5. The molecule has 7 nitrogen and oxygen atoms in total. The summed E-state index contributed by atoms with van der Waals surface area (Å²) >= 11 is 0. The van der Waals surface area contributed by atoms with E-state index in [4.69, 9.17) is 18.9 Å². The maximum Gasteiger partial charge on any atom is 0.262 e. The van der Waals surface area contributed by atoms with Crippen molar-refractivity contribution in [2.24, 2.45) is 5.92 Å². The highest BCUT2D eigenvalue weighted by molar-refractivity contribution is 6.01. The molecule has 1 amide bonds. The van der Waals surface area contributed by atoms with Gasteiger partial charge in [-0.1, -0.05) is 25.8 Å². The summed E-state index contributed by atoms with van der Waals surface area (Å²) < 4.78 is 22.6. The summed E-state index contributed by atoms with van der Waals surface area (Å²) in [4.78, 5) is 12.8. The second-order valence-corrected chi connectivity index (χ2v) is 8.62. The summed E-state index contributed by atoms with van der Waals surface area (Å²) in [7, 11) is 3.22. The lowest BCUT2D eigenvalue weighted by Crippen LogP contribution is -2.41. The minimum Gasteiger partial charge on any atom is -0.497 e. The number of ether oxygens (including phenoxy) is 4. The lowest BCUT2D eigenvalue weighted by molar-refractivity contribution is -0.118. The van der Waals surface area contributed by atoms with E-state index in [-0.39, 0.29) is 24.1 Å². The number of hydrogen-bond donors (Lipinski definition) is 1. The van der Waals surface area contributed by atoms with Crippen LogP contribution in [0.5, 0.6) is 23.0 Å². The smallest absolute Gasteiger partial charge is 0.262 e. The van der Waals surface area contributed by atoms with Crippen molar-refractivity contribution in [3.05, 3.63) is 53.1 Å². The molecule has 3 rings (SSSR count). The number of nitrogens with zero attached hydrogens (tertiary/aromatic N) is 1. The Morgan fingerprint density at radius 1 is 1.06 bits per heavy atom. The average molecular weight is 479 g/mol. The molecule has 0 heterocycles. The van der Waals surface area contributed by atoms with Crippen molar-refractivity contribution in [2.75, 3.05) is 20.8 Å². The summed E-state index contributed by atoms with van der Waals surface area (Å²) in [6, 6.07) is 13.0. The number of amides is 1. The van der Waals surface area contributed by atoms with Crippen LogP contribution in [0.25, 0.3) is 6.08 Å². The molecule has 0 aliphatic heterocycles. The molecule has 0 radical (unpaired) electrons. The first-order valence-electron chi connectivity index (χ1n) is 12.0. The number of nitriles is 1. The Bertz CT molecular complexity index is 1090. The molecule has 1 N–H and O–H groups in total. The topological polar surface area (TPSA) is 89.8 Å². The van der Waals surface area contributed by atoms with Crippen molar-refractivity contribution in [3.8, 4) is 29.1 Å². The monoisotopic (exact) mass is 478 g/mol. The zero-order valence-electron chi connectivity index (χ0n) is 20.9. The van der Waals surface area contributed by atoms with Crippen LogP contribution in [0.2, 0.25) is 0 Å². The molecule has 1 saturated carbocycles. The summed E-state index contributed by atoms with van der Waals surface area (Å²) in [6.07, 6.45) is 5.91. The van der Waals surface area contributed by atoms with Crippen molar-refractivity contribution < 1.29 is 23.7 Å². The van der Waals surface area contributed by atoms with Crippen molar-refractivity contribution in [1.29, 1.82) is 5.26 Å². The van der Waals surface area contributed by atoms with E-state index in [9.17, 15) is 10.1 Å². The lowest BCUT2D eigenvalue weighted by Gasteiger charge is -2.29. The second-order valence-electron chi connectivity index (χ2n) is 8.62. The number of carbonyl (C=O) groups is 1. The zero-order chi connectivity index (χ0) is 25.2. The lowest BCUT2D eigenvalue weighted by atomic mass is 9.86. The molecule has 186 valence electrons. The van der Waals surface area contributed by atoms with Gasteiger partial charge in [-0.15, -0.1) is 0 Å². The van der Waals surface area contributed by atoms with Gasteiger partial charge in [0.2, 0.25) is 0 Å². The predicted molar refractivity (Wildman–Crippen MR) is 135 cm³/mol. The van der Waals surface area contributed by atoms with Crippen LogP contribution >= 0.6 is 0 Å². The van der Waals surface area contributed by atoms with E-state index in [1.165, 1.54) is 6.42 Å². The standard InChI is InChI=1S/C28H34N2O5/c1-5-34-27-15-20(14-21(17-29)28(31)30-24-9-7-6-8-19(24)2)10-12-26(27)35-18-22-16-23(32-3)11-13-25(22)33-4/h10-16,19,24H,5-9,18H2,1-4H3,(H,30,31)/b21-14+/t19-,24-/m1/s1. The summed E-state index contributed by atoms with van der Waals surface area (Å²) in [5.74, 6) is 2.56. The molecule has 0 unspecified atom stereocenters. The Hall–Kier alpha value is -3.66. The maximum atomic E-state index is 12.8. The first-order chi connectivity index (χ1) is 17.0. The molecule has 2 aromatic carbocycles. The molecule has 0 bridgehead atoms. The van der Waals surface area contributed by atoms with Crippen LogP contribution in [0, 0.1) is 17.2 Å². The van der Waals surface area contributed by atoms with Gasteiger partial charge < -0.3 is 24.3 Å². The molecule has 2 aromatic rings. The number of nitrogens with one attached hydrogen (secondary N) is 1. The Kier molecular flexibility index (Phi) is 9.42. The molecular formula is C28H34N2O5. The van der Waals surface area contributed by atoms with Gasteiger partial charge in [0.15, 0.2) is 11.5 Å². The van der Waals surface area contributed by atoms with E-state index in [1.54, 1.807) is 38.5 Å². The maximum absolute atomic E-state index is 12.8. The van der Waals surface area contributed by atoms with Crippen LogP contribution in [-0.4, -0.2) is 32.8 Å². The minimum atomic E-state index is -0.338. The third-order valence-electron chi connectivity index (χ3n) is 6.24. The van der Waals surface area contributed by atoms with Gasteiger partial charge in [0, 0.05) is 11.6 Å². The van der Waals surface area contributed by atoms with E-state index in [1.807, 2.05) is 31.2 Å². The predicted octanol–water partition coefficient (Wildman–Crippen LogP) is 5.28. The van der Waals surface area contributed by atoms with Gasteiger partial charge >= 0.3 is 0 Å². The quantitative estimate of drug-likeness (QED) is 0.369. The van der Waals surface area contributed by atoms with E-state index in [0.717, 1.165) is 24.8 Å². The zero-order valence-corrected chi connectivity index (χ0v) is 20.9. The number of rotatable bonds is 10. The number of benzene rings is 2. The molecule has 1 aliphatic carbocycles. The molecule has 1 fully saturated rings. The van der Waals surface area contributed by atoms with Gasteiger partial charge in [0.05, 0.1) is 20.8 Å². The van der Waals surface area contributed by atoms with Gasteiger partial charge in [0.1, 0.15) is 29.7 Å². The second kappa shape index (κ2) is 12.7. The summed E-state index contributed by atoms with van der Waals surface area (Å²) in [5.41, 5.74) is 1.59. The highest BCUT2D eigenvalue weighted by Gasteiger charge is 2.24. The summed E-state index contributed by atoms with van der Waals surface area (Å²) in [6.45, 7) is 4.73. The van der Waals surface area contributed by atoms with Gasteiger partial charge in [-0.2, -0.15) is 5.26 Å². The third kappa shape index (κ3) is 6.92. The van der Waals surface area contributed by atoms with Gasteiger partial charge in [-0.05, 0) is 67.7 Å². The van der Waals surface area contributed by atoms with Crippen molar-refractivity contribution in [3.63, 3.8) is 0 Å². The van der Waals surface area contributed by atoms with Gasteiger partial charge in [0.25, 0.3) is 5.91 Å². The highest BCUT2D eigenvalue weighted by Crippen LogP contribution is 2.32. The van der Waals surface area contributed by atoms with E-state index >= 15 is 0 Å². The summed E-state index contributed by atoms with van der Waals surface area (Å²) in [5, 5.41) is 12.7. The molecule has 7 heteroatoms. The Balaban J connectivity index is 1.77. The normalized spacial score (nSPS) is 17.7. The van der Waals surface area contributed by atoms with Crippen molar-refractivity contribution in [2.45, 2.75) is 52.2 Å². The molecule has 1 aliphatic rings.